The molecule has 2 rings (SSSR count). The molecule has 0 saturated carbocycles. The highest BCUT2D eigenvalue weighted by Gasteiger charge is 2.31. The number of hydrogen-bond donors (Lipinski definition) is 0. The molecule has 0 N–H and O–H groups in total. The highest BCUT2D eigenvalue weighted by Crippen LogP contribution is 2.47. The van der Waals surface area contributed by atoms with Crippen LogP contribution in [-0.2, 0) is 20.4 Å². The number of carbonyl (C=O) groups is 2. The van der Waals surface area contributed by atoms with Gasteiger partial charge in [0, 0.05) is 17.0 Å². The van der Waals surface area contributed by atoms with E-state index in [0.29, 0.717) is 11.5 Å². The van der Waals surface area contributed by atoms with Crippen LogP contribution in [0.25, 0.3) is 0 Å². The summed E-state index contributed by atoms with van der Waals surface area (Å²) in [5.74, 6) is -0.125. The Morgan fingerprint density at radius 1 is 0.718 bits per heavy atom. The van der Waals surface area contributed by atoms with Crippen LogP contribution in [0.3, 0.4) is 0 Å². The van der Waals surface area contributed by atoms with Gasteiger partial charge in [-0.05, 0) is 69.9 Å². The van der Waals surface area contributed by atoms with E-state index in [1.807, 2.05) is 30.3 Å². The van der Waals surface area contributed by atoms with E-state index >= 15 is 0 Å². The Labute approximate surface area is 240 Å². The minimum absolute atomic E-state index is 0.0982. The maximum atomic E-state index is 12.2. The summed E-state index contributed by atoms with van der Waals surface area (Å²) in [4.78, 5) is 26.0. The topological polar surface area (TPSA) is 52.6 Å². The van der Waals surface area contributed by atoms with Crippen LogP contribution >= 0.6 is 11.8 Å². The van der Waals surface area contributed by atoms with Crippen LogP contribution in [0.1, 0.15) is 93.2 Å². The molecule has 212 valence electrons. The van der Waals surface area contributed by atoms with Crippen molar-refractivity contribution in [3.63, 3.8) is 0 Å². The van der Waals surface area contributed by atoms with E-state index in [1.54, 1.807) is 0 Å². The fraction of sp³-hybridized carbons (Fsp3) is 0.471. The van der Waals surface area contributed by atoms with Gasteiger partial charge in [-0.3, -0.25) is 0 Å². The highest BCUT2D eigenvalue weighted by atomic mass is 32.2. The molecule has 0 aliphatic heterocycles. The Kier molecular flexibility index (Phi) is 10.1. The lowest BCUT2D eigenvalue weighted by Gasteiger charge is -2.35. The van der Waals surface area contributed by atoms with Gasteiger partial charge >= 0.3 is 11.9 Å². The molecule has 0 aromatic heterocycles. The molecule has 0 heterocycles. The monoisotopic (exact) mass is 550 g/mol. The van der Waals surface area contributed by atoms with Gasteiger partial charge < -0.3 is 9.47 Å². The van der Waals surface area contributed by atoms with Crippen LogP contribution in [-0.4, -0.2) is 11.9 Å². The zero-order valence-corrected chi connectivity index (χ0v) is 26.3. The second kappa shape index (κ2) is 12.2. The summed E-state index contributed by atoms with van der Waals surface area (Å²) in [5.41, 5.74) is 2.23. The Balaban J connectivity index is 2.72. The number of hydrogen-bond acceptors (Lipinski definition) is 5. The zero-order valence-electron chi connectivity index (χ0n) is 25.5. The van der Waals surface area contributed by atoms with Gasteiger partial charge in [-0.1, -0.05) is 106 Å². The van der Waals surface area contributed by atoms with Gasteiger partial charge in [-0.25, -0.2) is 9.59 Å². The molecule has 2 aromatic rings. The number of carbonyl (C=O) groups excluding carboxylic acids is 2. The molecular weight excluding hydrogens is 504 g/mol. The lowest BCUT2D eigenvalue weighted by atomic mass is 9.72. The third-order valence-electron chi connectivity index (χ3n) is 6.33. The lowest BCUT2D eigenvalue weighted by molar-refractivity contribution is -0.130. The number of benzene rings is 2. The molecule has 0 unspecified atom stereocenters. The first-order chi connectivity index (χ1) is 17.8. The Hall–Kier alpha value is -2.79. The first-order valence-corrected chi connectivity index (χ1v) is 14.2. The van der Waals surface area contributed by atoms with Crippen molar-refractivity contribution < 1.29 is 19.1 Å². The summed E-state index contributed by atoms with van der Waals surface area (Å²) in [5, 5.41) is 0. The summed E-state index contributed by atoms with van der Waals surface area (Å²) >= 11 is 1.51. The van der Waals surface area contributed by atoms with Crippen molar-refractivity contribution in [1.82, 2.24) is 0 Å². The van der Waals surface area contributed by atoms with Gasteiger partial charge in [0.15, 0.2) is 0 Å². The molecule has 0 aliphatic carbocycles. The van der Waals surface area contributed by atoms with Crippen molar-refractivity contribution in [2.24, 2.45) is 10.8 Å². The lowest BCUT2D eigenvalue weighted by Crippen LogP contribution is -2.25. The predicted octanol–water partition coefficient (Wildman–Crippen LogP) is 9.45. The second-order valence-corrected chi connectivity index (χ2v) is 15.0. The van der Waals surface area contributed by atoms with E-state index < -0.39 is 11.9 Å². The maximum absolute atomic E-state index is 12.2. The summed E-state index contributed by atoms with van der Waals surface area (Å²) in [6.45, 7) is 29.4. The number of rotatable bonds is 10. The second-order valence-electron chi connectivity index (χ2n) is 13.9. The van der Waals surface area contributed by atoms with E-state index in [2.05, 4.69) is 88.5 Å². The summed E-state index contributed by atoms with van der Waals surface area (Å²) < 4.78 is 11.2. The molecular formula is C34H46O4S. The Morgan fingerprint density at radius 3 is 1.79 bits per heavy atom. The first-order valence-electron chi connectivity index (χ1n) is 13.4. The number of ether oxygens (including phenoxy) is 2. The van der Waals surface area contributed by atoms with Crippen LogP contribution in [0.5, 0.6) is 11.5 Å². The first kappa shape index (κ1) is 32.4. The van der Waals surface area contributed by atoms with Gasteiger partial charge in [0.2, 0.25) is 0 Å². The average molecular weight is 551 g/mol. The summed E-state index contributed by atoms with van der Waals surface area (Å²) in [6, 6.07) is 11.8. The van der Waals surface area contributed by atoms with Crippen LogP contribution in [0.15, 0.2) is 71.5 Å². The third kappa shape index (κ3) is 9.72. The third-order valence-corrected chi connectivity index (χ3v) is 7.43. The molecule has 0 atom stereocenters. The normalized spacial score (nSPS) is 12.6. The summed E-state index contributed by atoms with van der Waals surface area (Å²) in [7, 11) is 0. The van der Waals surface area contributed by atoms with E-state index in [-0.39, 0.29) is 21.7 Å². The van der Waals surface area contributed by atoms with E-state index in [4.69, 9.17) is 9.47 Å². The fourth-order valence-corrected chi connectivity index (χ4v) is 6.84. The maximum Gasteiger partial charge on any atom is 0.335 e. The largest absolute Gasteiger partial charge is 0.423 e. The average Bonchev–Trinajstić information content (AvgIpc) is 2.76. The smallest absolute Gasteiger partial charge is 0.335 e. The van der Waals surface area contributed by atoms with Gasteiger partial charge in [0.25, 0.3) is 0 Å². The van der Waals surface area contributed by atoms with Crippen LogP contribution in [0.2, 0.25) is 0 Å². The van der Waals surface area contributed by atoms with Crippen molar-refractivity contribution in [2.75, 3.05) is 0 Å². The standard InChI is InChI=1S/C34H46O4S/c1-13-29(35)37-24-16-17-25(34(11,12)22-32(6,7)8)27(20-24)39-28-19-23(33(9,10)21-31(3,4)5)15-18-26(28)38-30(36)14-2/h13-20H,1-2,21-22H2,3-12H3. The molecule has 4 nitrogen and oxygen atoms in total. The van der Waals surface area contributed by atoms with Gasteiger partial charge in [0.1, 0.15) is 11.5 Å². The van der Waals surface area contributed by atoms with Gasteiger partial charge in [-0.2, -0.15) is 0 Å². The molecule has 2 aromatic carbocycles. The minimum atomic E-state index is -0.515. The van der Waals surface area contributed by atoms with E-state index in [1.165, 1.54) is 17.8 Å². The van der Waals surface area contributed by atoms with Gasteiger partial charge in [0.05, 0.1) is 4.90 Å². The van der Waals surface area contributed by atoms with E-state index in [0.717, 1.165) is 39.8 Å². The molecule has 0 fully saturated rings. The molecule has 0 amide bonds. The van der Waals surface area contributed by atoms with E-state index in [9.17, 15) is 9.59 Å². The van der Waals surface area contributed by atoms with Gasteiger partial charge in [-0.15, -0.1) is 0 Å². The molecule has 0 spiro atoms. The Bertz CT molecular complexity index is 1220. The van der Waals surface area contributed by atoms with Crippen molar-refractivity contribution in [3.8, 4) is 11.5 Å². The zero-order chi connectivity index (χ0) is 29.8. The van der Waals surface area contributed by atoms with Crippen LogP contribution in [0.4, 0.5) is 0 Å². The number of esters is 2. The molecule has 0 saturated heterocycles. The highest BCUT2D eigenvalue weighted by molar-refractivity contribution is 7.99. The van der Waals surface area contributed by atoms with Crippen molar-refractivity contribution >= 4 is 23.7 Å². The van der Waals surface area contributed by atoms with Crippen LogP contribution in [0, 0.1) is 10.8 Å². The van der Waals surface area contributed by atoms with Crippen LogP contribution < -0.4 is 9.47 Å². The van der Waals surface area contributed by atoms with Crippen molar-refractivity contribution in [3.05, 3.63) is 72.8 Å². The Morgan fingerprint density at radius 2 is 1.26 bits per heavy atom. The molecule has 5 heteroatoms. The van der Waals surface area contributed by atoms with Crippen molar-refractivity contribution in [1.29, 1.82) is 0 Å². The molecule has 0 radical (unpaired) electrons. The minimum Gasteiger partial charge on any atom is -0.423 e. The molecule has 0 aliphatic rings. The SMILES string of the molecule is C=CC(=O)Oc1ccc(C(C)(C)CC(C)(C)C)c(Sc2cc(C(C)(C)CC(C)(C)C)ccc2OC(=O)C=C)c1. The molecule has 39 heavy (non-hydrogen) atoms. The summed E-state index contributed by atoms with van der Waals surface area (Å²) in [6.07, 6.45) is 4.24. The molecule has 0 bridgehead atoms. The fourth-order valence-electron chi connectivity index (χ4n) is 5.58. The predicted molar refractivity (Wildman–Crippen MR) is 163 cm³/mol. The van der Waals surface area contributed by atoms with Crippen molar-refractivity contribution in [2.45, 2.75) is 103 Å². The quantitative estimate of drug-likeness (QED) is 0.167.